The lowest BCUT2D eigenvalue weighted by atomic mass is 10.1. The maximum absolute atomic E-state index is 11.9. The van der Waals surface area contributed by atoms with Crippen molar-refractivity contribution in [1.82, 2.24) is 29.7 Å². The highest BCUT2D eigenvalue weighted by atomic mass is 16.6. The molecule has 7 aromatic rings. The normalized spacial score (nSPS) is 11.4. The van der Waals surface area contributed by atoms with Crippen molar-refractivity contribution < 1.29 is 9.85 Å². The first-order valence-corrected chi connectivity index (χ1v) is 12.5. The second-order valence-electron chi connectivity index (χ2n) is 9.50. The smallest absolute Gasteiger partial charge is 0.301 e. The Kier molecular flexibility index (Phi) is 5.29. The Morgan fingerprint density at radius 3 is 2.24 bits per heavy atom. The number of benzene rings is 3. The number of nitro benzene ring substituents is 2. The van der Waals surface area contributed by atoms with E-state index in [4.69, 9.17) is 10.1 Å². The van der Waals surface area contributed by atoms with Gasteiger partial charge in [-0.25, -0.2) is 9.67 Å². The molecule has 0 radical (unpaired) electrons. The SMILES string of the molecule is Cc1ccc(-c2nn(-c3ccc([N+](=O)[O-])cc3[N+](=O)[O-])cc2-c2nc3c4cccnc4c4ncccc4c3[nH]2)cc1. The molecular weight excluding hydrogens is 524 g/mol. The van der Waals surface area contributed by atoms with Gasteiger partial charge in [0, 0.05) is 41.0 Å². The van der Waals surface area contributed by atoms with E-state index in [1.807, 2.05) is 55.5 Å². The van der Waals surface area contributed by atoms with Crippen LogP contribution in [0.5, 0.6) is 0 Å². The van der Waals surface area contributed by atoms with Gasteiger partial charge in [-0.1, -0.05) is 29.8 Å². The standard InChI is InChI=1S/C29H18N8O4/c1-16-6-8-17(9-7-16)24-21(15-35(34-24)22-11-10-18(36(38)39)14-23(22)37(40)41)29-32-27-19-4-2-12-30-25(19)26-20(28(27)33-29)5-3-13-31-26/h2-15H,1H3,(H,32,33). The molecule has 41 heavy (non-hydrogen) atoms. The van der Waals surface area contributed by atoms with E-state index in [-0.39, 0.29) is 11.4 Å². The second-order valence-corrected chi connectivity index (χ2v) is 9.50. The number of aryl methyl sites for hydroxylation is 1. The molecule has 0 saturated heterocycles. The van der Waals surface area contributed by atoms with E-state index in [1.54, 1.807) is 18.6 Å². The molecule has 4 aromatic heterocycles. The molecule has 0 atom stereocenters. The van der Waals surface area contributed by atoms with Gasteiger partial charge in [-0.05, 0) is 37.3 Å². The average molecular weight is 543 g/mol. The number of non-ortho nitro benzene ring substituents is 1. The summed E-state index contributed by atoms with van der Waals surface area (Å²) in [6, 6.07) is 18.8. The second kappa shape index (κ2) is 9.02. The van der Waals surface area contributed by atoms with E-state index in [0.29, 0.717) is 22.6 Å². The summed E-state index contributed by atoms with van der Waals surface area (Å²) in [5, 5.41) is 29.6. The summed E-state index contributed by atoms with van der Waals surface area (Å²) in [7, 11) is 0. The number of hydrogen-bond donors (Lipinski definition) is 1. The zero-order valence-corrected chi connectivity index (χ0v) is 21.3. The summed E-state index contributed by atoms with van der Waals surface area (Å²) in [6.45, 7) is 1.97. The lowest BCUT2D eigenvalue weighted by molar-refractivity contribution is -0.394. The Balaban J connectivity index is 1.51. The lowest BCUT2D eigenvalue weighted by Crippen LogP contribution is -2.02. The summed E-state index contributed by atoms with van der Waals surface area (Å²) >= 11 is 0. The van der Waals surface area contributed by atoms with E-state index >= 15 is 0 Å². The minimum atomic E-state index is -0.671. The van der Waals surface area contributed by atoms with Crippen LogP contribution in [0.1, 0.15) is 5.56 Å². The van der Waals surface area contributed by atoms with E-state index < -0.39 is 15.5 Å². The third-order valence-electron chi connectivity index (χ3n) is 6.98. The van der Waals surface area contributed by atoms with Crippen LogP contribution in [0, 0.1) is 27.2 Å². The number of pyridine rings is 2. The number of H-pyrrole nitrogens is 1. The zero-order valence-electron chi connectivity index (χ0n) is 21.3. The van der Waals surface area contributed by atoms with Gasteiger partial charge in [0.25, 0.3) is 5.69 Å². The number of aromatic nitrogens is 6. The highest BCUT2D eigenvalue weighted by molar-refractivity contribution is 6.21. The summed E-state index contributed by atoms with van der Waals surface area (Å²) in [4.78, 5) is 39.4. The Hall–Kier alpha value is -6.04. The number of fused-ring (bicyclic) bond motifs is 6. The minimum Gasteiger partial charge on any atom is -0.337 e. The molecular formula is C29H18N8O4. The minimum absolute atomic E-state index is 0.0839. The molecule has 12 nitrogen and oxygen atoms in total. The van der Waals surface area contributed by atoms with E-state index in [2.05, 4.69) is 15.0 Å². The summed E-state index contributed by atoms with van der Waals surface area (Å²) in [5.41, 5.74) is 5.14. The van der Waals surface area contributed by atoms with Gasteiger partial charge in [0.2, 0.25) is 0 Å². The highest BCUT2D eigenvalue weighted by Crippen LogP contribution is 2.37. The van der Waals surface area contributed by atoms with Crippen molar-refractivity contribution in [2.45, 2.75) is 6.92 Å². The molecule has 0 unspecified atom stereocenters. The number of aromatic amines is 1. The number of nitro groups is 2. The molecule has 198 valence electrons. The molecule has 0 spiro atoms. The number of hydrogen-bond acceptors (Lipinski definition) is 8. The predicted octanol–water partition coefficient (Wildman–Crippen LogP) is 6.30. The first kappa shape index (κ1) is 24.0. The van der Waals surface area contributed by atoms with Crippen molar-refractivity contribution in [3.05, 3.63) is 111 Å². The van der Waals surface area contributed by atoms with Gasteiger partial charge in [0.05, 0.1) is 43.5 Å². The van der Waals surface area contributed by atoms with Crippen LogP contribution in [-0.4, -0.2) is 39.6 Å². The van der Waals surface area contributed by atoms with Crippen LogP contribution in [0.3, 0.4) is 0 Å². The van der Waals surface area contributed by atoms with Crippen LogP contribution >= 0.6 is 0 Å². The first-order chi connectivity index (χ1) is 19.9. The van der Waals surface area contributed by atoms with E-state index in [1.165, 1.54) is 16.8 Å². The maximum atomic E-state index is 11.9. The van der Waals surface area contributed by atoms with Gasteiger partial charge in [0.15, 0.2) is 0 Å². The fourth-order valence-corrected chi connectivity index (χ4v) is 5.03. The molecule has 0 aliphatic heterocycles. The van der Waals surface area contributed by atoms with Crippen molar-refractivity contribution in [3.8, 4) is 28.3 Å². The van der Waals surface area contributed by atoms with Gasteiger partial charge < -0.3 is 4.98 Å². The third-order valence-corrected chi connectivity index (χ3v) is 6.98. The largest absolute Gasteiger partial charge is 0.337 e. The Labute approximate surface area is 230 Å². The first-order valence-electron chi connectivity index (χ1n) is 12.5. The van der Waals surface area contributed by atoms with Gasteiger partial charge in [-0.15, -0.1) is 0 Å². The number of imidazole rings is 1. The van der Waals surface area contributed by atoms with Crippen molar-refractivity contribution in [2.24, 2.45) is 0 Å². The Morgan fingerprint density at radius 1 is 0.829 bits per heavy atom. The number of rotatable bonds is 5. The zero-order chi connectivity index (χ0) is 28.2. The molecule has 1 N–H and O–H groups in total. The van der Waals surface area contributed by atoms with Crippen LogP contribution in [0.2, 0.25) is 0 Å². The van der Waals surface area contributed by atoms with Crippen molar-refractivity contribution in [2.75, 3.05) is 0 Å². The third kappa shape index (κ3) is 3.85. The van der Waals surface area contributed by atoms with E-state index in [9.17, 15) is 20.2 Å². The highest BCUT2D eigenvalue weighted by Gasteiger charge is 2.25. The molecule has 0 aliphatic rings. The van der Waals surface area contributed by atoms with Crippen molar-refractivity contribution in [1.29, 1.82) is 0 Å². The predicted molar refractivity (Wildman–Crippen MR) is 153 cm³/mol. The van der Waals surface area contributed by atoms with Gasteiger partial charge in [0.1, 0.15) is 17.2 Å². The van der Waals surface area contributed by atoms with Crippen LogP contribution in [-0.2, 0) is 0 Å². The van der Waals surface area contributed by atoms with Crippen molar-refractivity contribution >= 4 is 44.2 Å². The molecule has 0 aliphatic carbocycles. The summed E-state index contributed by atoms with van der Waals surface area (Å²) in [5.74, 6) is 0.493. The topological polar surface area (TPSA) is 159 Å². The molecule has 0 amide bonds. The maximum Gasteiger partial charge on any atom is 0.301 e. The van der Waals surface area contributed by atoms with Crippen LogP contribution in [0.4, 0.5) is 11.4 Å². The fourth-order valence-electron chi connectivity index (χ4n) is 5.03. The van der Waals surface area contributed by atoms with Gasteiger partial charge in [-0.3, -0.25) is 30.2 Å². The molecule has 0 bridgehead atoms. The van der Waals surface area contributed by atoms with Crippen LogP contribution < -0.4 is 0 Å². The van der Waals surface area contributed by atoms with Gasteiger partial charge in [-0.2, -0.15) is 5.10 Å². The number of nitrogens with one attached hydrogen (secondary N) is 1. The van der Waals surface area contributed by atoms with Crippen LogP contribution in [0.25, 0.3) is 61.2 Å². The molecule has 0 fully saturated rings. The molecule has 12 heteroatoms. The Bertz CT molecular complexity index is 2110. The average Bonchev–Trinajstić information content (AvgIpc) is 3.63. The lowest BCUT2D eigenvalue weighted by Gasteiger charge is -2.03. The summed E-state index contributed by atoms with van der Waals surface area (Å²) < 4.78 is 1.36. The molecule has 7 rings (SSSR count). The quantitative estimate of drug-likeness (QED) is 0.151. The van der Waals surface area contributed by atoms with Gasteiger partial charge >= 0.3 is 5.69 Å². The van der Waals surface area contributed by atoms with Crippen LogP contribution in [0.15, 0.2) is 85.3 Å². The molecule has 0 saturated carbocycles. The van der Waals surface area contributed by atoms with E-state index in [0.717, 1.165) is 44.5 Å². The summed E-state index contributed by atoms with van der Waals surface area (Å²) in [6.07, 6.45) is 5.07. The monoisotopic (exact) mass is 542 g/mol. The number of nitrogens with zero attached hydrogens (tertiary/aromatic N) is 7. The Morgan fingerprint density at radius 2 is 1.54 bits per heavy atom. The molecule has 4 heterocycles. The fraction of sp³-hybridized carbons (Fsp3) is 0.0345. The molecule has 3 aromatic carbocycles. The van der Waals surface area contributed by atoms with Crippen molar-refractivity contribution in [3.63, 3.8) is 0 Å².